The van der Waals surface area contributed by atoms with Gasteiger partial charge < -0.3 is 0 Å². The summed E-state index contributed by atoms with van der Waals surface area (Å²) in [6, 6.07) is 66.3. The predicted molar refractivity (Wildman–Crippen MR) is 216 cm³/mol. The molecule has 0 saturated carbocycles. The molecule has 0 fully saturated rings. The maximum atomic E-state index is 13.9. The molecule has 0 unspecified atom stereocenters. The van der Waals surface area contributed by atoms with Crippen LogP contribution in [-0.4, -0.2) is 4.57 Å². The summed E-state index contributed by atoms with van der Waals surface area (Å²) in [5.74, 6) is 0. The van der Waals surface area contributed by atoms with Crippen LogP contribution in [-0.2, 0) is 0 Å². The zero-order chi connectivity index (χ0) is 33.9. The maximum absolute atomic E-state index is 13.9. The van der Waals surface area contributed by atoms with Gasteiger partial charge in [-0.15, -0.1) is 0 Å². The van der Waals surface area contributed by atoms with Crippen molar-refractivity contribution < 1.29 is 0 Å². The molecule has 0 aliphatic heterocycles. The van der Waals surface area contributed by atoms with Crippen LogP contribution >= 0.6 is 0 Å². The van der Waals surface area contributed by atoms with Gasteiger partial charge in [0.15, 0.2) is 0 Å². The van der Waals surface area contributed by atoms with E-state index in [1.54, 1.807) is 0 Å². The number of benzene rings is 9. The highest BCUT2D eigenvalue weighted by atomic mass is 16.1. The van der Waals surface area contributed by atoms with Crippen LogP contribution in [0.3, 0.4) is 0 Å². The van der Waals surface area contributed by atoms with Gasteiger partial charge in [0.05, 0.1) is 5.52 Å². The van der Waals surface area contributed by atoms with Gasteiger partial charge in [-0.3, -0.25) is 9.36 Å². The monoisotopic (exact) mass is 649 g/mol. The van der Waals surface area contributed by atoms with E-state index in [0.717, 1.165) is 33.1 Å². The Morgan fingerprint density at radius 3 is 1.20 bits per heavy atom. The number of aromatic nitrogens is 1. The van der Waals surface area contributed by atoms with Crippen LogP contribution in [0.25, 0.3) is 93.1 Å². The van der Waals surface area contributed by atoms with Gasteiger partial charge in [0, 0.05) is 16.5 Å². The third-order valence-electron chi connectivity index (χ3n) is 10.4. The summed E-state index contributed by atoms with van der Waals surface area (Å²) in [4.78, 5) is 13.9. The highest BCUT2D eigenvalue weighted by Gasteiger charge is 2.16. The minimum Gasteiger partial charge on any atom is -0.276 e. The van der Waals surface area contributed by atoms with Gasteiger partial charge >= 0.3 is 0 Å². The molecule has 1 aromatic heterocycles. The Morgan fingerprint density at radius 2 is 0.647 bits per heavy atom. The smallest absolute Gasteiger partial charge is 0.263 e. The molecule has 2 nitrogen and oxygen atoms in total. The lowest BCUT2D eigenvalue weighted by Gasteiger charge is -2.16. The average molecular weight is 650 g/mol. The first-order valence-electron chi connectivity index (χ1n) is 17.4. The molecule has 9 aromatic carbocycles. The number of hydrogen-bond acceptors (Lipinski definition) is 1. The van der Waals surface area contributed by atoms with E-state index in [1.807, 2.05) is 53.1 Å². The molecule has 0 radical (unpaired) electrons. The number of pyridine rings is 1. The van der Waals surface area contributed by atoms with Gasteiger partial charge in [0.2, 0.25) is 0 Å². The van der Waals surface area contributed by atoms with E-state index >= 15 is 0 Å². The van der Waals surface area contributed by atoms with Crippen molar-refractivity contribution in [3.05, 3.63) is 198 Å². The lowest BCUT2D eigenvalue weighted by Crippen LogP contribution is -2.19. The molecule has 0 bridgehead atoms. The van der Waals surface area contributed by atoms with E-state index in [2.05, 4.69) is 140 Å². The van der Waals surface area contributed by atoms with Gasteiger partial charge in [-0.1, -0.05) is 140 Å². The van der Waals surface area contributed by atoms with Crippen LogP contribution < -0.4 is 5.56 Å². The molecule has 0 saturated heterocycles. The minimum atomic E-state index is -0.00797. The summed E-state index contributed by atoms with van der Waals surface area (Å²) in [6.07, 6.45) is 0. The molecule has 2 heteroatoms. The van der Waals surface area contributed by atoms with Gasteiger partial charge in [-0.25, -0.2) is 0 Å². The molecule has 0 amide bonds. The Balaban J connectivity index is 1.23. The number of para-hydroxylation sites is 1. The maximum Gasteiger partial charge on any atom is 0.263 e. The second-order valence-corrected chi connectivity index (χ2v) is 13.3. The van der Waals surface area contributed by atoms with Crippen LogP contribution in [0.15, 0.2) is 193 Å². The lowest BCUT2D eigenvalue weighted by atomic mass is 9.89. The largest absolute Gasteiger partial charge is 0.276 e. The second kappa shape index (κ2) is 11.7. The number of fused-ring (bicyclic) bond motifs is 9. The fraction of sp³-hybridized carbons (Fsp3) is 0. The fourth-order valence-corrected chi connectivity index (χ4v) is 7.90. The highest BCUT2D eigenvalue weighted by Crippen LogP contribution is 2.41. The third-order valence-corrected chi connectivity index (χ3v) is 10.4. The summed E-state index contributed by atoms with van der Waals surface area (Å²) in [6.45, 7) is 0. The van der Waals surface area contributed by atoms with Crippen molar-refractivity contribution in [1.29, 1.82) is 0 Å². The molecule has 10 rings (SSSR count). The van der Waals surface area contributed by atoms with Crippen molar-refractivity contribution in [2.75, 3.05) is 0 Å². The van der Waals surface area contributed by atoms with Crippen LogP contribution in [0.1, 0.15) is 0 Å². The molecule has 238 valence electrons. The first-order chi connectivity index (χ1) is 25.2. The highest BCUT2D eigenvalue weighted by molar-refractivity contribution is 6.27. The Labute approximate surface area is 295 Å². The van der Waals surface area contributed by atoms with Crippen molar-refractivity contribution in [2.24, 2.45) is 0 Å². The summed E-state index contributed by atoms with van der Waals surface area (Å²) in [5, 5.41) is 10.1. The molecule has 10 aromatic rings. The quantitative estimate of drug-likeness (QED) is 0.174. The molecule has 51 heavy (non-hydrogen) atoms. The SMILES string of the molecule is O=c1c2ccccc2c2cc(-c3ccc4c5ccc(-c6ccccc6)cc5c5cc(-c6ccccc6)ccc5c4c3)ccc2n1-c1ccccc1. The Hall–Kier alpha value is -6.77. The van der Waals surface area contributed by atoms with Crippen LogP contribution in [0, 0.1) is 0 Å². The number of nitrogens with zero attached hydrogens (tertiary/aromatic N) is 1. The van der Waals surface area contributed by atoms with E-state index in [9.17, 15) is 4.79 Å². The molecule has 0 spiro atoms. The lowest BCUT2D eigenvalue weighted by molar-refractivity contribution is 1.06. The van der Waals surface area contributed by atoms with E-state index in [4.69, 9.17) is 0 Å². The number of rotatable bonds is 4. The average Bonchev–Trinajstić information content (AvgIpc) is 3.21. The van der Waals surface area contributed by atoms with Gasteiger partial charge in [0.1, 0.15) is 0 Å². The van der Waals surface area contributed by atoms with E-state index in [1.165, 1.54) is 54.6 Å². The van der Waals surface area contributed by atoms with Gasteiger partial charge in [0.25, 0.3) is 5.56 Å². The molecule has 0 aliphatic carbocycles. The van der Waals surface area contributed by atoms with Crippen LogP contribution in [0.5, 0.6) is 0 Å². The summed E-state index contributed by atoms with van der Waals surface area (Å²) < 4.78 is 1.84. The third kappa shape index (κ3) is 4.76. The first kappa shape index (κ1) is 29.2. The van der Waals surface area contributed by atoms with E-state index in [0.29, 0.717) is 5.39 Å². The van der Waals surface area contributed by atoms with E-state index in [-0.39, 0.29) is 5.56 Å². The van der Waals surface area contributed by atoms with Crippen LogP contribution in [0.2, 0.25) is 0 Å². The molecule has 0 N–H and O–H groups in total. The minimum absolute atomic E-state index is 0.00797. The molecule has 0 atom stereocenters. The van der Waals surface area contributed by atoms with Crippen molar-refractivity contribution in [2.45, 2.75) is 0 Å². The normalized spacial score (nSPS) is 11.6. The topological polar surface area (TPSA) is 22.0 Å². The Morgan fingerprint density at radius 1 is 0.275 bits per heavy atom. The van der Waals surface area contributed by atoms with Gasteiger partial charge in [-0.2, -0.15) is 0 Å². The van der Waals surface area contributed by atoms with Crippen LogP contribution in [0.4, 0.5) is 0 Å². The first-order valence-corrected chi connectivity index (χ1v) is 17.4. The standard InChI is InChI=1S/C49H31NO/c51-49-43-19-11-10-18-39(43)47-31-37(23-27-48(47)50(49)38-16-8-3-9-17-38)36-22-25-40-41-24-20-34(32-12-4-1-5-13-32)28-45(41)46-29-35(33-14-6-2-7-15-33)21-26-42(46)44(40)30-36/h1-31H. The molecule has 1 heterocycles. The van der Waals surface area contributed by atoms with Crippen molar-refractivity contribution in [3.63, 3.8) is 0 Å². The van der Waals surface area contributed by atoms with E-state index < -0.39 is 0 Å². The van der Waals surface area contributed by atoms with Gasteiger partial charge in [-0.05, 0) is 120 Å². The molecular weight excluding hydrogens is 619 g/mol. The number of hydrogen-bond donors (Lipinski definition) is 0. The fourth-order valence-electron chi connectivity index (χ4n) is 7.90. The van der Waals surface area contributed by atoms with Crippen molar-refractivity contribution in [1.82, 2.24) is 4.57 Å². The summed E-state index contributed by atoms with van der Waals surface area (Å²) in [7, 11) is 0. The molecular formula is C49H31NO. The predicted octanol–water partition coefficient (Wildman–Crippen LogP) is 12.6. The summed E-state index contributed by atoms with van der Waals surface area (Å²) >= 11 is 0. The summed E-state index contributed by atoms with van der Waals surface area (Å²) in [5.41, 5.74) is 8.83. The Bertz CT molecular complexity index is 3020. The molecule has 0 aliphatic rings. The second-order valence-electron chi connectivity index (χ2n) is 13.3. The zero-order valence-corrected chi connectivity index (χ0v) is 27.8. The zero-order valence-electron chi connectivity index (χ0n) is 27.8. The van der Waals surface area contributed by atoms with Crippen molar-refractivity contribution in [3.8, 4) is 39.1 Å². The van der Waals surface area contributed by atoms with Crippen molar-refractivity contribution >= 4 is 54.0 Å². The Kier molecular flexibility index (Phi) is 6.68.